The molecule has 3 nitrogen and oxygen atoms in total. The van der Waals surface area contributed by atoms with E-state index in [0.717, 1.165) is 17.7 Å². The van der Waals surface area contributed by atoms with Crippen molar-refractivity contribution in [3.63, 3.8) is 0 Å². The number of H-pyrrole nitrogens is 1. The van der Waals surface area contributed by atoms with Crippen molar-refractivity contribution in [2.24, 2.45) is 0 Å². The summed E-state index contributed by atoms with van der Waals surface area (Å²) in [5.41, 5.74) is 1.63. The van der Waals surface area contributed by atoms with Crippen LogP contribution in [0.3, 0.4) is 0 Å². The lowest BCUT2D eigenvalue weighted by atomic mass is 10.1. The van der Waals surface area contributed by atoms with Gasteiger partial charge in [0.05, 0.1) is 0 Å². The lowest BCUT2D eigenvalue weighted by molar-refractivity contribution is 0.111. The number of aromatic nitrogens is 2. The molecule has 1 aliphatic heterocycles. The summed E-state index contributed by atoms with van der Waals surface area (Å²) in [6, 6.07) is 1.85. The Hall–Kier alpha value is -0.770. The molecular weight excluding hydrogens is 172 g/mol. The van der Waals surface area contributed by atoms with Gasteiger partial charge < -0.3 is 0 Å². The van der Waals surface area contributed by atoms with E-state index in [0.29, 0.717) is 11.6 Å². The molecule has 0 saturated carbocycles. The standard InChI is InChI=1S/C8H10N2OS/c11-4-7-3-8(10-9-7)6-1-2-12-5-6/h3-4,6H,1-2,5H2,(H,9,10). The summed E-state index contributed by atoms with van der Waals surface area (Å²) in [6.07, 6.45) is 1.98. The van der Waals surface area contributed by atoms with E-state index in [1.165, 1.54) is 12.2 Å². The summed E-state index contributed by atoms with van der Waals surface area (Å²) < 4.78 is 0. The Labute approximate surface area is 74.9 Å². The fourth-order valence-electron chi connectivity index (χ4n) is 1.40. The molecule has 1 saturated heterocycles. The van der Waals surface area contributed by atoms with Gasteiger partial charge in [-0.25, -0.2) is 0 Å². The average Bonchev–Trinajstić information content (AvgIpc) is 2.75. The summed E-state index contributed by atoms with van der Waals surface area (Å²) in [7, 11) is 0. The molecule has 0 bridgehead atoms. The summed E-state index contributed by atoms with van der Waals surface area (Å²) >= 11 is 1.96. The van der Waals surface area contributed by atoms with E-state index in [1.54, 1.807) is 0 Å². The van der Waals surface area contributed by atoms with E-state index < -0.39 is 0 Å². The van der Waals surface area contributed by atoms with Crippen molar-refractivity contribution in [1.82, 2.24) is 10.2 Å². The van der Waals surface area contributed by atoms with Gasteiger partial charge in [-0.05, 0) is 18.2 Å². The number of carbonyl (C=O) groups excluding carboxylic acids is 1. The third-order valence-corrected chi connectivity index (χ3v) is 3.27. The zero-order valence-corrected chi connectivity index (χ0v) is 7.43. The Balaban J connectivity index is 2.16. The molecule has 2 heterocycles. The van der Waals surface area contributed by atoms with Gasteiger partial charge in [-0.3, -0.25) is 9.89 Å². The van der Waals surface area contributed by atoms with Crippen LogP contribution in [0.15, 0.2) is 6.07 Å². The highest BCUT2D eigenvalue weighted by atomic mass is 32.2. The molecule has 1 aliphatic rings. The maximum absolute atomic E-state index is 10.3. The van der Waals surface area contributed by atoms with Crippen LogP contribution in [0.25, 0.3) is 0 Å². The number of carbonyl (C=O) groups is 1. The van der Waals surface area contributed by atoms with Crippen LogP contribution in [0.2, 0.25) is 0 Å². The van der Waals surface area contributed by atoms with Gasteiger partial charge in [0.25, 0.3) is 0 Å². The number of aromatic amines is 1. The fraction of sp³-hybridized carbons (Fsp3) is 0.500. The first-order chi connectivity index (χ1) is 5.90. The van der Waals surface area contributed by atoms with E-state index in [-0.39, 0.29) is 0 Å². The summed E-state index contributed by atoms with van der Waals surface area (Å²) in [5, 5.41) is 6.78. The van der Waals surface area contributed by atoms with Gasteiger partial charge in [-0.15, -0.1) is 0 Å². The van der Waals surface area contributed by atoms with Crippen LogP contribution in [0.4, 0.5) is 0 Å². The highest BCUT2D eigenvalue weighted by molar-refractivity contribution is 7.99. The Kier molecular flexibility index (Phi) is 2.17. The number of rotatable bonds is 2. The number of hydrogen-bond donors (Lipinski definition) is 1. The van der Waals surface area contributed by atoms with Crippen molar-refractivity contribution in [3.05, 3.63) is 17.5 Å². The minimum Gasteiger partial charge on any atom is -0.296 e. The summed E-state index contributed by atoms with van der Waals surface area (Å²) in [5.74, 6) is 2.96. The van der Waals surface area contributed by atoms with Crippen molar-refractivity contribution >= 4 is 18.0 Å². The lowest BCUT2D eigenvalue weighted by Crippen LogP contribution is -1.95. The minimum absolute atomic E-state index is 0.516. The van der Waals surface area contributed by atoms with Crippen LogP contribution in [-0.2, 0) is 0 Å². The second kappa shape index (κ2) is 3.31. The van der Waals surface area contributed by atoms with Crippen molar-refractivity contribution in [2.75, 3.05) is 11.5 Å². The van der Waals surface area contributed by atoms with Crippen LogP contribution in [0, 0.1) is 0 Å². The molecule has 12 heavy (non-hydrogen) atoms. The summed E-state index contributed by atoms with van der Waals surface area (Å²) in [6.45, 7) is 0. The van der Waals surface area contributed by atoms with Crippen LogP contribution < -0.4 is 0 Å². The molecule has 0 radical (unpaired) electrons. The topological polar surface area (TPSA) is 45.8 Å². The monoisotopic (exact) mass is 182 g/mol. The maximum atomic E-state index is 10.3. The molecule has 0 spiro atoms. The van der Waals surface area contributed by atoms with Gasteiger partial charge in [0.15, 0.2) is 6.29 Å². The molecule has 1 aromatic rings. The predicted octanol–water partition coefficient (Wildman–Crippen LogP) is 1.44. The van der Waals surface area contributed by atoms with Gasteiger partial charge >= 0.3 is 0 Å². The molecule has 1 N–H and O–H groups in total. The van der Waals surface area contributed by atoms with E-state index in [1.807, 2.05) is 17.8 Å². The quantitative estimate of drug-likeness (QED) is 0.704. The van der Waals surface area contributed by atoms with Gasteiger partial charge in [0, 0.05) is 17.4 Å². The molecule has 64 valence electrons. The van der Waals surface area contributed by atoms with Crippen molar-refractivity contribution in [1.29, 1.82) is 0 Å². The average molecular weight is 182 g/mol. The molecule has 1 unspecified atom stereocenters. The molecule has 1 aromatic heterocycles. The van der Waals surface area contributed by atoms with Crippen molar-refractivity contribution < 1.29 is 4.79 Å². The first-order valence-corrected chi connectivity index (χ1v) is 5.14. The van der Waals surface area contributed by atoms with Crippen molar-refractivity contribution in [3.8, 4) is 0 Å². The number of aldehydes is 1. The Morgan fingerprint density at radius 3 is 3.25 bits per heavy atom. The number of hydrogen-bond acceptors (Lipinski definition) is 3. The largest absolute Gasteiger partial charge is 0.296 e. The van der Waals surface area contributed by atoms with Crippen LogP contribution in [0.5, 0.6) is 0 Å². The minimum atomic E-state index is 0.516. The van der Waals surface area contributed by atoms with E-state index in [2.05, 4.69) is 10.2 Å². The SMILES string of the molecule is O=Cc1cc(C2CCSC2)[nH]n1. The lowest BCUT2D eigenvalue weighted by Gasteiger charge is -2.01. The second-order valence-electron chi connectivity index (χ2n) is 2.93. The third-order valence-electron chi connectivity index (χ3n) is 2.11. The van der Waals surface area contributed by atoms with Gasteiger partial charge in [0.2, 0.25) is 0 Å². The van der Waals surface area contributed by atoms with Gasteiger partial charge in [-0.2, -0.15) is 16.9 Å². The summed E-state index contributed by atoms with van der Waals surface area (Å²) in [4.78, 5) is 10.3. The highest BCUT2D eigenvalue weighted by Gasteiger charge is 2.19. The number of thioether (sulfide) groups is 1. The Morgan fingerprint density at radius 2 is 2.67 bits per heavy atom. The molecule has 4 heteroatoms. The molecular formula is C8H10N2OS. The second-order valence-corrected chi connectivity index (χ2v) is 4.08. The molecule has 0 aromatic carbocycles. The van der Waals surface area contributed by atoms with E-state index in [9.17, 15) is 4.79 Å². The van der Waals surface area contributed by atoms with Crippen LogP contribution >= 0.6 is 11.8 Å². The number of nitrogens with one attached hydrogen (secondary N) is 1. The zero-order chi connectivity index (χ0) is 8.39. The van der Waals surface area contributed by atoms with Crippen LogP contribution in [0.1, 0.15) is 28.5 Å². The third kappa shape index (κ3) is 1.39. The smallest absolute Gasteiger partial charge is 0.170 e. The number of nitrogens with zero attached hydrogens (tertiary/aromatic N) is 1. The molecule has 0 aliphatic carbocycles. The fourth-order valence-corrected chi connectivity index (χ4v) is 2.65. The van der Waals surface area contributed by atoms with E-state index >= 15 is 0 Å². The molecule has 1 fully saturated rings. The zero-order valence-electron chi connectivity index (χ0n) is 6.62. The maximum Gasteiger partial charge on any atom is 0.170 e. The van der Waals surface area contributed by atoms with Gasteiger partial charge in [0.1, 0.15) is 5.69 Å². The first kappa shape index (κ1) is 7.86. The van der Waals surface area contributed by atoms with E-state index in [4.69, 9.17) is 0 Å². The Bertz CT molecular complexity index is 278. The predicted molar refractivity (Wildman–Crippen MR) is 48.7 cm³/mol. The van der Waals surface area contributed by atoms with Crippen LogP contribution in [-0.4, -0.2) is 28.0 Å². The molecule has 1 atom stereocenters. The Morgan fingerprint density at radius 1 is 1.75 bits per heavy atom. The first-order valence-electron chi connectivity index (χ1n) is 3.98. The highest BCUT2D eigenvalue weighted by Crippen LogP contribution is 2.31. The molecule has 2 rings (SSSR count). The van der Waals surface area contributed by atoms with Crippen molar-refractivity contribution in [2.45, 2.75) is 12.3 Å². The van der Waals surface area contributed by atoms with Gasteiger partial charge in [-0.1, -0.05) is 0 Å². The normalized spacial score (nSPS) is 22.8. The molecule has 0 amide bonds.